The smallest absolute Gasteiger partial charge is 0.382 e. The Balaban J connectivity index is 1.64. The number of aromatic nitrogens is 3. The summed E-state index contributed by atoms with van der Waals surface area (Å²) in [6.07, 6.45) is 1.01. The second-order valence-corrected chi connectivity index (χ2v) is 10.8. The third-order valence-corrected chi connectivity index (χ3v) is 7.39. The van der Waals surface area contributed by atoms with Gasteiger partial charge in [0.05, 0.1) is 6.61 Å². The van der Waals surface area contributed by atoms with Crippen molar-refractivity contribution in [2.45, 2.75) is 26.5 Å². The minimum atomic E-state index is -4.01. The van der Waals surface area contributed by atoms with Crippen LogP contribution in [0.4, 0.5) is 11.6 Å². The molecule has 0 unspecified atom stereocenters. The highest BCUT2D eigenvalue weighted by Crippen LogP contribution is 2.62. The van der Waals surface area contributed by atoms with E-state index in [0.29, 0.717) is 16.7 Å². The highest BCUT2D eigenvalue weighted by atomic mass is 35.5. The average Bonchev–Trinajstić information content (AvgIpc) is 3.12. The standard InChI is InChI=1S/C21H21Cl2N6O3P/c1-21(2)12-31-33(30,32-18(21)14-4-6-15(22)7-5-14)29-19(25)16(9-24)20(28-29)27-11-13-3-8-17(23)26-10-13/h3-8,10,18H,11-12,25H2,1-2H3,(H,27,28)/t18-,33+/m1/s1. The maximum atomic E-state index is 13.8. The first-order chi connectivity index (χ1) is 15.6. The van der Waals surface area contributed by atoms with Gasteiger partial charge >= 0.3 is 7.75 Å². The van der Waals surface area contributed by atoms with Crippen LogP contribution in [0.3, 0.4) is 0 Å². The van der Waals surface area contributed by atoms with Crippen LogP contribution in [-0.2, 0) is 20.2 Å². The number of anilines is 2. The van der Waals surface area contributed by atoms with Gasteiger partial charge in [-0.05, 0) is 29.3 Å². The second-order valence-electron chi connectivity index (χ2n) is 8.22. The van der Waals surface area contributed by atoms with Crippen LogP contribution < -0.4 is 11.1 Å². The van der Waals surface area contributed by atoms with Gasteiger partial charge in [0.15, 0.2) is 11.6 Å². The number of rotatable bonds is 5. The van der Waals surface area contributed by atoms with Crippen molar-refractivity contribution in [2.24, 2.45) is 5.41 Å². The molecule has 0 amide bonds. The molecular formula is C21H21Cl2N6O3P. The fourth-order valence-corrected chi connectivity index (χ4v) is 5.65. The number of hydrogen-bond acceptors (Lipinski definition) is 8. The van der Waals surface area contributed by atoms with Crippen LogP contribution in [0.15, 0.2) is 42.6 Å². The Kier molecular flexibility index (Phi) is 6.41. The topological polar surface area (TPSA) is 128 Å². The van der Waals surface area contributed by atoms with E-state index in [-0.39, 0.29) is 23.8 Å². The molecule has 1 aliphatic heterocycles. The molecule has 9 nitrogen and oxygen atoms in total. The maximum absolute atomic E-state index is 13.8. The lowest BCUT2D eigenvalue weighted by Crippen LogP contribution is -2.34. The molecule has 3 heterocycles. The molecule has 1 aliphatic rings. The highest BCUT2D eigenvalue weighted by molar-refractivity contribution is 7.52. The van der Waals surface area contributed by atoms with E-state index in [9.17, 15) is 9.83 Å². The Hall–Kier alpha value is -2.60. The summed E-state index contributed by atoms with van der Waals surface area (Å²) in [6.45, 7) is 4.30. The number of pyridine rings is 1. The van der Waals surface area contributed by atoms with Crippen molar-refractivity contribution in [2.75, 3.05) is 17.7 Å². The van der Waals surface area contributed by atoms with Gasteiger partial charge in [0.1, 0.15) is 22.9 Å². The third-order valence-electron chi connectivity index (χ3n) is 5.22. The summed E-state index contributed by atoms with van der Waals surface area (Å²) in [5.41, 5.74) is 7.28. The molecule has 33 heavy (non-hydrogen) atoms. The lowest BCUT2D eigenvalue weighted by Gasteiger charge is -2.41. The fourth-order valence-electron chi connectivity index (χ4n) is 3.42. The van der Waals surface area contributed by atoms with Crippen molar-refractivity contribution in [3.63, 3.8) is 0 Å². The predicted octanol–water partition coefficient (Wildman–Crippen LogP) is 5.42. The minimum absolute atomic E-state index is 0.0345. The number of halogens is 2. The van der Waals surface area contributed by atoms with Gasteiger partial charge in [0.2, 0.25) is 0 Å². The molecule has 3 N–H and O–H groups in total. The molecule has 1 aromatic carbocycles. The zero-order valence-corrected chi connectivity index (χ0v) is 20.2. The number of nitrogens with one attached hydrogen (secondary N) is 1. The molecule has 1 saturated heterocycles. The van der Waals surface area contributed by atoms with Gasteiger partial charge in [-0.1, -0.05) is 55.2 Å². The molecule has 2 aromatic heterocycles. The Morgan fingerprint density at radius 2 is 2.03 bits per heavy atom. The van der Waals surface area contributed by atoms with E-state index in [2.05, 4.69) is 15.4 Å². The first-order valence-corrected chi connectivity index (χ1v) is 12.2. The Morgan fingerprint density at radius 3 is 2.67 bits per heavy atom. The van der Waals surface area contributed by atoms with Crippen molar-refractivity contribution in [1.82, 2.24) is 14.5 Å². The van der Waals surface area contributed by atoms with E-state index in [1.807, 2.05) is 32.0 Å². The SMILES string of the molecule is CC1(C)CO[P@@](=O)(n2nc(NCc3ccc(Cl)nc3)c(C#N)c2N)O[C@@H]1c1ccc(Cl)cc1. The second kappa shape index (κ2) is 8.98. The van der Waals surface area contributed by atoms with Crippen LogP contribution >= 0.6 is 30.9 Å². The summed E-state index contributed by atoms with van der Waals surface area (Å²) in [5.74, 6) is 0.0346. The number of nitrogen functional groups attached to an aromatic ring is 1. The summed E-state index contributed by atoms with van der Waals surface area (Å²) in [4.78, 5) is 4.01. The first-order valence-electron chi connectivity index (χ1n) is 9.95. The third kappa shape index (κ3) is 4.72. The Morgan fingerprint density at radius 1 is 1.30 bits per heavy atom. The molecule has 0 saturated carbocycles. The van der Waals surface area contributed by atoms with E-state index in [1.54, 1.807) is 30.5 Å². The van der Waals surface area contributed by atoms with E-state index >= 15 is 0 Å². The molecule has 0 spiro atoms. The number of nitrogens with two attached hydrogens (primary N) is 1. The van der Waals surface area contributed by atoms with Crippen LogP contribution in [0.5, 0.6) is 0 Å². The Bertz CT molecular complexity index is 1250. The molecular weight excluding hydrogens is 486 g/mol. The zero-order valence-electron chi connectivity index (χ0n) is 17.8. The first kappa shape index (κ1) is 23.6. The van der Waals surface area contributed by atoms with E-state index < -0.39 is 19.3 Å². The highest BCUT2D eigenvalue weighted by Gasteiger charge is 2.48. The van der Waals surface area contributed by atoms with E-state index in [4.69, 9.17) is 38.0 Å². The quantitative estimate of drug-likeness (QED) is 0.346. The fraction of sp³-hybridized carbons (Fsp3) is 0.286. The van der Waals surface area contributed by atoms with Crippen LogP contribution in [0, 0.1) is 16.7 Å². The number of hydrogen-bond donors (Lipinski definition) is 2. The summed E-state index contributed by atoms with van der Waals surface area (Å²) >= 11 is 11.8. The van der Waals surface area contributed by atoms with Gasteiger partial charge in [-0.15, -0.1) is 9.55 Å². The van der Waals surface area contributed by atoms with Gasteiger partial charge in [-0.3, -0.25) is 9.05 Å². The molecule has 4 rings (SSSR count). The van der Waals surface area contributed by atoms with Gasteiger partial charge < -0.3 is 11.1 Å². The van der Waals surface area contributed by atoms with Gasteiger partial charge in [-0.2, -0.15) is 5.26 Å². The number of nitrogens with zero attached hydrogens (tertiary/aromatic N) is 4. The molecule has 0 radical (unpaired) electrons. The van der Waals surface area contributed by atoms with Crippen molar-refractivity contribution in [3.8, 4) is 6.07 Å². The van der Waals surface area contributed by atoms with Crippen molar-refractivity contribution < 1.29 is 13.6 Å². The predicted molar refractivity (Wildman–Crippen MR) is 126 cm³/mol. The number of benzene rings is 1. The molecule has 2 atom stereocenters. The summed E-state index contributed by atoms with van der Waals surface area (Å²) < 4.78 is 26.4. The van der Waals surface area contributed by atoms with Crippen LogP contribution in [-0.4, -0.2) is 21.1 Å². The van der Waals surface area contributed by atoms with Gasteiger partial charge in [-0.25, -0.2) is 9.55 Å². The molecule has 0 bridgehead atoms. The van der Waals surface area contributed by atoms with Gasteiger partial charge in [0.25, 0.3) is 0 Å². The van der Waals surface area contributed by atoms with Crippen molar-refractivity contribution in [3.05, 3.63) is 69.5 Å². The van der Waals surface area contributed by atoms with Gasteiger partial charge in [0, 0.05) is 23.2 Å². The summed E-state index contributed by atoms with van der Waals surface area (Å²) in [6, 6.07) is 12.5. The monoisotopic (exact) mass is 506 g/mol. The molecule has 12 heteroatoms. The van der Waals surface area contributed by atoms with Crippen LogP contribution in [0.2, 0.25) is 10.2 Å². The lowest BCUT2D eigenvalue weighted by atomic mass is 9.83. The minimum Gasteiger partial charge on any atom is -0.382 e. The maximum Gasteiger partial charge on any atom is 0.457 e. The molecule has 0 aliphatic carbocycles. The van der Waals surface area contributed by atoms with E-state index in [1.165, 1.54) is 0 Å². The lowest BCUT2D eigenvalue weighted by molar-refractivity contribution is -0.0304. The summed E-state index contributed by atoms with van der Waals surface area (Å²) in [5, 5.41) is 17.9. The van der Waals surface area contributed by atoms with Crippen molar-refractivity contribution >= 4 is 42.6 Å². The van der Waals surface area contributed by atoms with Crippen LogP contribution in [0.25, 0.3) is 0 Å². The largest absolute Gasteiger partial charge is 0.457 e. The molecule has 1 fully saturated rings. The normalized spacial score (nSPS) is 22.0. The summed E-state index contributed by atoms with van der Waals surface area (Å²) in [7, 11) is -4.01. The zero-order chi connectivity index (χ0) is 23.8. The number of nitriles is 1. The Labute approximate surface area is 201 Å². The van der Waals surface area contributed by atoms with Crippen LogP contribution in [0.1, 0.15) is 36.6 Å². The average molecular weight is 507 g/mol. The van der Waals surface area contributed by atoms with Crippen molar-refractivity contribution in [1.29, 1.82) is 5.26 Å². The molecule has 172 valence electrons. The van der Waals surface area contributed by atoms with E-state index in [0.717, 1.165) is 15.6 Å². The molecule has 3 aromatic rings.